The third kappa shape index (κ3) is 4.15. The van der Waals surface area contributed by atoms with Crippen molar-refractivity contribution in [3.63, 3.8) is 0 Å². The van der Waals surface area contributed by atoms with E-state index in [-0.39, 0.29) is 18.2 Å². The number of ketones is 1. The summed E-state index contributed by atoms with van der Waals surface area (Å²) in [4.78, 5) is 40.8. The number of nitrogens with two attached hydrogens (primary N) is 1. The van der Waals surface area contributed by atoms with Gasteiger partial charge in [-0.05, 0) is 42.8 Å². The van der Waals surface area contributed by atoms with Gasteiger partial charge in [0.1, 0.15) is 12.1 Å². The third-order valence-corrected chi connectivity index (χ3v) is 6.31. The van der Waals surface area contributed by atoms with Crippen LogP contribution in [0, 0.1) is 0 Å². The molecule has 0 aliphatic carbocycles. The molecule has 1 aliphatic heterocycles. The predicted octanol–water partition coefficient (Wildman–Crippen LogP) is 3.39. The summed E-state index contributed by atoms with van der Waals surface area (Å²) in [6.45, 7) is 4.16. The zero-order valence-electron chi connectivity index (χ0n) is 18.1. The molecule has 0 unspecified atom stereocenters. The van der Waals surface area contributed by atoms with Crippen molar-refractivity contribution in [3.05, 3.63) is 64.6 Å². The van der Waals surface area contributed by atoms with Crippen LogP contribution < -0.4 is 5.73 Å². The van der Waals surface area contributed by atoms with Gasteiger partial charge in [0.25, 0.3) is 0 Å². The number of aromatic nitrogens is 3. The van der Waals surface area contributed by atoms with E-state index in [1.807, 2.05) is 29.2 Å². The number of Topliss-reactive ketones (excluding diaryl/α,β-unsaturated/α-hetero) is 1. The van der Waals surface area contributed by atoms with Gasteiger partial charge in [-0.25, -0.2) is 9.97 Å². The largest absolute Gasteiger partial charge is 0.383 e. The number of nitrogen functional groups attached to an aromatic ring is 1. The van der Waals surface area contributed by atoms with Crippen LogP contribution in [0.4, 0.5) is 5.82 Å². The van der Waals surface area contributed by atoms with Gasteiger partial charge in [0, 0.05) is 58.7 Å². The van der Waals surface area contributed by atoms with Crippen LogP contribution in [0.25, 0.3) is 21.8 Å². The second-order valence-corrected chi connectivity index (χ2v) is 8.80. The normalized spacial score (nSPS) is 15.0. The number of aromatic amines is 1. The predicted molar refractivity (Wildman–Crippen MR) is 128 cm³/mol. The first-order valence-corrected chi connectivity index (χ1v) is 11.1. The van der Waals surface area contributed by atoms with Crippen LogP contribution in [0.5, 0.6) is 0 Å². The number of nitrogens with one attached hydrogen (secondary N) is 1. The minimum Gasteiger partial charge on any atom is -0.383 e. The summed E-state index contributed by atoms with van der Waals surface area (Å²) in [5, 5.41) is 2.20. The molecule has 33 heavy (non-hydrogen) atoms. The molecule has 8 nitrogen and oxygen atoms in total. The standard InChI is InChI=1S/C24H23ClN6O2/c1-14(32)23-18-9-16(25)3-5-19(18)29-21(23)11-30-6-7-31(22(33)12-30)10-15-2-4-17-20(8-15)27-13-28-24(17)26/h2-5,8-9,13,29H,6-7,10-12H2,1H3,(H2,26,27,28). The molecule has 3 heterocycles. The molecule has 0 bridgehead atoms. The fourth-order valence-corrected chi connectivity index (χ4v) is 4.64. The summed E-state index contributed by atoms with van der Waals surface area (Å²) in [6.07, 6.45) is 1.44. The average Bonchev–Trinajstić information content (AvgIpc) is 3.13. The Morgan fingerprint density at radius 3 is 2.76 bits per heavy atom. The van der Waals surface area contributed by atoms with Crippen molar-refractivity contribution in [1.82, 2.24) is 24.8 Å². The molecular weight excluding hydrogens is 440 g/mol. The van der Waals surface area contributed by atoms with Gasteiger partial charge in [0.05, 0.1) is 12.1 Å². The van der Waals surface area contributed by atoms with Gasteiger partial charge >= 0.3 is 0 Å². The van der Waals surface area contributed by atoms with E-state index < -0.39 is 0 Å². The highest BCUT2D eigenvalue weighted by atomic mass is 35.5. The van der Waals surface area contributed by atoms with Crippen LogP contribution in [0.1, 0.15) is 28.5 Å². The van der Waals surface area contributed by atoms with Crippen molar-refractivity contribution < 1.29 is 9.59 Å². The highest BCUT2D eigenvalue weighted by molar-refractivity contribution is 6.31. The molecule has 2 aromatic carbocycles. The van der Waals surface area contributed by atoms with Gasteiger partial charge < -0.3 is 15.6 Å². The Morgan fingerprint density at radius 2 is 1.97 bits per heavy atom. The van der Waals surface area contributed by atoms with Crippen LogP contribution in [0.2, 0.25) is 5.02 Å². The van der Waals surface area contributed by atoms with E-state index >= 15 is 0 Å². The Bertz CT molecular complexity index is 1400. The quantitative estimate of drug-likeness (QED) is 0.440. The molecule has 0 radical (unpaired) electrons. The molecule has 3 N–H and O–H groups in total. The van der Waals surface area contributed by atoms with E-state index in [9.17, 15) is 9.59 Å². The number of halogens is 1. The van der Waals surface area contributed by atoms with Gasteiger partial charge in [0.15, 0.2) is 5.78 Å². The van der Waals surface area contributed by atoms with Crippen molar-refractivity contribution in [3.8, 4) is 0 Å². The van der Waals surface area contributed by atoms with Crippen LogP contribution in [-0.4, -0.2) is 56.1 Å². The molecule has 0 atom stereocenters. The Kier molecular flexibility index (Phi) is 5.47. The maximum absolute atomic E-state index is 12.9. The van der Waals surface area contributed by atoms with Crippen molar-refractivity contribution in [1.29, 1.82) is 0 Å². The van der Waals surface area contributed by atoms with Crippen molar-refractivity contribution >= 4 is 50.9 Å². The number of nitrogens with zero attached hydrogens (tertiary/aromatic N) is 4. The summed E-state index contributed by atoms with van der Waals surface area (Å²) in [6, 6.07) is 11.3. The fraction of sp³-hybridized carbons (Fsp3) is 0.250. The number of anilines is 1. The molecule has 0 saturated carbocycles. The Hall–Kier alpha value is -3.49. The highest BCUT2D eigenvalue weighted by Crippen LogP contribution is 2.27. The smallest absolute Gasteiger partial charge is 0.237 e. The number of fused-ring (bicyclic) bond motifs is 2. The molecular formula is C24H23ClN6O2. The number of hydrogen-bond donors (Lipinski definition) is 2. The first-order chi connectivity index (χ1) is 15.9. The number of carbonyl (C=O) groups is 2. The number of piperazine rings is 1. The molecule has 168 valence electrons. The van der Waals surface area contributed by atoms with Gasteiger partial charge in [-0.15, -0.1) is 0 Å². The van der Waals surface area contributed by atoms with Crippen LogP contribution in [-0.2, 0) is 17.9 Å². The molecule has 0 spiro atoms. The van der Waals surface area contributed by atoms with Crippen molar-refractivity contribution in [2.75, 3.05) is 25.4 Å². The van der Waals surface area contributed by atoms with Crippen molar-refractivity contribution in [2.45, 2.75) is 20.0 Å². The zero-order valence-corrected chi connectivity index (χ0v) is 18.9. The molecule has 9 heteroatoms. The molecule has 1 amide bonds. The summed E-state index contributed by atoms with van der Waals surface area (Å²) in [7, 11) is 0. The van der Waals surface area contributed by atoms with E-state index in [0.717, 1.165) is 33.1 Å². The zero-order chi connectivity index (χ0) is 23.1. The number of rotatable bonds is 5. The first-order valence-electron chi connectivity index (χ1n) is 10.7. The molecule has 1 fully saturated rings. The van der Waals surface area contributed by atoms with Gasteiger partial charge in [-0.2, -0.15) is 0 Å². The van der Waals surface area contributed by atoms with Crippen LogP contribution in [0.15, 0.2) is 42.7 Å². The molecule has 1 saturated heterocycles. The average molecular weight is 463 g/mol. The van der Waals surface area contributed by atoms with Gasteiger partial charge in [-0.3, -0.25) is 14.5 Å². The topological polar surface area (TPSA) is 108 Å². The number of benzene rings is 2. The Balaban J connectivity index is 1.30. The van der Waals surface area contributed by atoms with Gasteiger partial charge in [-0.1, -0.05) is 17.7 Å². The minimum atomic E-state index is -0.0239. The SMILES string of the molecule is CC(=O)c1c(CN2CCN(Cc3ccc4c(N)ncnc4c3)C(=O)C2)[nH]c2ccc(Cl)cc12. The fourth-order valence-electron chi connectivity index (χ4n) is 4.47. The van der Waals surface area contributed by atoms with E-state index in [0.29, 0.717) is 42.6 Å². The van der Waals surface area contributed by atoms with Crippen LogP contribution >= 0.6 is 11.6 Å². The number of hydrogen-bond acceptors (Lipinski definition) is 6. The minimum absolute atomic E-state index is 0.0239. The maximum Gasteiger partial charge on any atom is 0.237 e. The Labute approximate surface area is 195 Å². The summed E-state index contributed by atoms with van der Waals surface area (Å²) >= 11 is 6.14. The molecule has 5 rings (SSSR count). The monoisotopic (exact) mass is 462 g/mol. The number of H-pyrrole nitrogens is 1. The number of carbonyl (C=O) groups excluding carboxylic acids is 2. The van der Waals surface area contributed by atoms with Crippen LogP contribution in [0.3, 0.4) is 0 Å². The summed E-state index contributed by atoms with van der Waals surface area (Å²) in [5.74, 6) is 0.469. The lowest BCUT2D eigenvalue weighted by Gasteiger charge is -2.34. The highest BCUT2D eigenvalue weighted by Gasteiger charge is 2.26. The molecule has 4 aromatic rings. The van der Waals surface area contributed by atoms with Gasteiger partial charge in [0.2, 0.25) is 5.91 Å². The molecule has 1 aliphatic rings. The second-order valence-electron chi connectivity index (χ2n) is 8.36. The second kappa shape index (κ2) is 8.46. The number of amides is 1. The van der Waals surface area contributed by atoms with Crippen molar-refractivity contribution in [2.24, 2.45) is 0 Å². The maximum atomic E-state index is 12.9. The first kappa shape index (κ1) is 21.4. The summed E-state index contributed by atoms with van der Waals surface area (Å²) < 4.78 is 0. The summed E-state index contributed by atoms with van der Waals surface area (Å²) in [5.41, 5.74) is 9.98. The third-order valence-electron chi connectivity index (χ3n) is 6.07. The van der Waals surface area contributed by atoms with E-state index in [1.54, 1.807) is 19.1 Å². The lowest BCUT2D eigenvalue weighted by Crippen LogP contribution is -2.49. The van der Waals surface area contributed by atoms with E-state index in [4.69, 9.17) is 17.3 Å². The van der Waals surface area contributed by atoms with E-state index in [2.05, 4.69) is 19.9 Å². The lowest BCUT2D eigenvalue weighted by atomic mass is 10.1. The lowest BCUT2D eigenvalue weighted by molar-refractivity contribution is -0.136. The Morgan fingerprint density at radius 1 is 1.12 bits per heavy atom. The van der Waals surface area contributed by atoms with E-state index in [1.165, 1.54) is 6.33 Å². The molecule has 2 aromatic heterocycles.